The second-order valence-electron chi connectivity index (χ2n) is 7.79. The quantitative estimate of drug-likeness (QED) is 0.785. The zero-order chi connectivity index (χ0) is 17.8. The molecule has 0 N–H and O–H groups in total. The molecule has 6 heteroatoms. The molecule has 0 spiro atoms. The van der Waals surface area contributed by atoms with Crippen LogP contribution in [0.15, 0.2) is 18.5 Å². The van der Waals surface area contributed by atoms with Gasteiger partial charge in [-0.15, -0.1) is 0 Å². The molecule has 1 aromatic heterocycles. The van der Waals surface area contributed by atoms with Crippen molar-refractivity contribution < 1.29 is 4.79 Å². The Morgan fingerprint density at radius 2 is 1.96 bits per heavy atom. The number of likely N-dealkylation sites (tertiary alicyclic amines) is 2. The molecule has 3 heterocycles. The summed E-state index contributed by atoms with van der Waals surface area (Å²) >= 11 is 0. The van der Waals surface area contributed by atoms with Gasteiger partial charge < -0.3 is 9.80 Å². The number of carbonyl (C=O) groups is 1. The molecule has 1 amide bonds. The summed E-state index contributed by atoms with van der Waals surface area (Å²) in [6.45, 7) is 9.42. The van der Waals surface area contributed by atoms with E-state index in [0.717, 1.165) is 58.4 Å². The third kappa shape index (κ3) is 4.42. The van der Waals surface area contributed by atoms with Gasteiger partial charge in [-0.2, -0.15) is 5.10 Å². The van der Waals surface area contributed by atoms with Gasteiger partial charge in [0.05, 0.1) is 12.6 Å². The highest BCUT2D eigenvalue weighted by Crippen LogP contribution is 2.24. The Balaban J connectivity index is 1.47. The third-order valence-electron chi connectivity index (χ3n) is 5.90. The van der Waals surface area contributed by atoms with Gasteiger partial charge in [0.2, 0.25) is 5.91 Å². The smallest absolute Gasteiger partial charge is 0.240 e. The summed E-state index contributed by atoms with van der Waals surface area (Å²) in [4.78, 5) is 19.8. The summed E-state index contributed by atoms with van der Waals surface area (Å²) < 4.78 is 2.00. The van der Waals surface area contributed by atoms with E-state index in [-0.39, 0.29) is 6.04 Å². The van der Waals surface area contributed by atoms with Crippen molar-refractivity contribution in [3.8, 4) is 0 Å². The number of carbonyl (C=O) groups excluding carboxylic acids is 1. The SMILES string of the molecule is CC(C)N1CCC[C@H](N(C)C2CCN(CCn3cccn3)CC2)C1=O. The van der Waals surface area contributed by atoms with Crippen LogP contribution in [0.5, 0.6) is 0 Å². The van der Waals surface area contributed by atoms with Crippen molar-refractivity contribution in [3.63, 3.8) is 0 Å². The molecule has 2 saturated heterocycles. The van der Waals surface area contributed by atoms with Crippen molar-refractivity contribution >= 4 is 5.91 Å². The van der Waals surface area contributed by atoms with Gasteiger partial charge >= 0.3 is 0 Å². The van der Waals surface area contributed by atoms with Gasteiger partial charge in [-0.25, -0.2) is 0 Å². The molecule has 140 valence electrons. The number of piperidine rings is 2. The average molecular weight is 348 g/mol. The number of rotatable bonds is 6. The molecule has 3 rings (SSSR count). The van der Waals surface area contributed by atoms with Crippen molar-refractivity contribution in [2.75, 3.05) is 33.2 Å². The van der Waals surface area contributed by atoms with Crippen molar-refractivity contribution in [1.82, 2.24) is 24.5 Å². The third-order valence-corrected chi connectivity index (χ3v) is 5.90. The molecule has 6 nitrogen and oxygen atoms in total. The van der Waals surface area contributed by atoms with Crippen molar-refractivity contribution in [2.24, 2.45) is 0 Å². The van der Waals surface area contributed by atoms with Crippen molar-refractivity contribution in [1.29, 1.82) is 0 Å². The van der Waals surface area contributed by atoms with E-state index in [1.807, 2.05) is 23.1 Å². The van der Waals surface area contributed by atoms with E-state index in [1.165, 1.54) is 0 Å². The van der Waals surface area contributed by atoms with Gasteiger partial charge in [0.1, 0.15) is 0 Å². The number of aromatic nitrogens is 2. The minimum absolute atomic E-state index is 0.0803. The molecule has 0 saturated carbocycles. The number of nitrogens with zero attached hydrogens (tertiary/aromatic N) is 5. The molecule has 25 heavy (non-hydrogen) atoms. The predicted octanol–water partition coefficient (Wildman–Crippen LogP) is 1.68. The van der Waals surface area contributed by atoms with E-state index in [0.29, 0.717) is 18.0 Å². The van der Waals surface area contributed by atoms with Gasteiger partial charge in [0.25, 0.3) is 0 Å². The van der Waals surface area contributed by atoms with E-state index in [9.17, 15) is 4.79 Å². The van der Waals surface area contributed by atoms with Gasteiger partial charge in [-0.3, -0.25) is 14.4 Å². The molecule has 0 bridgehead atoms. The van der Waals surface area contributed by atoms with E-state index in [4.69, 9.17) is 0 Å². The standard InChI is InChI=1S/C19H33N5O/c1-16(2)24-11-4-6-18(19(24)25)21(3)17-7-12-22(13-8-17)14-15-23-10-5-9-20-23/h5,9-10,16-18H,4,6-8,11-15H2,1-3H3/t18-/m0/s1. The molecule has 0 aliphatic carbocycles. The zero-order valence-corrected chi connectivity index (χ0v) is 16.0. The minimum atomic E-state index is 0.0803. The van der Waals surface area contributed by atoms with Crippen LogP contribution in [0.1, 0.15) is 39.5 Å². The first-order chi connectivity index (χ1) is 12.1. The molecule has 0 radical (unpaired) electrons. The fourth-order valence-electron chi connectivity index (χ4n) is 4.25. The zero-order valence-electron chi connectivity index (χ0n) is 16.0. The highest BCUT2D eigenvalue weighted by molar-refractivity contribution is 5.82. The largest absolute Gasteiger partial charge is 0.339 e. The first-order valence-electron chi connectivity index (χ1n) is 9.78. The van der Waals surface area contributed by atoms with Crippen LogP contribution < -0.4 is 0 Å². The Kier molecular flexibility index (Phi) is 6.12. The van der Waals surface area contributed by atoms with Gasteiger partial charge in [-0.05, 0) is 65.7 Å². The van der Waals surface area contributed by atoms with Crippen LogP contribution in [-0.2, 0) is 11.3 Å². The lowest BCUT2D eigenvalue weighted by Gasteiger charge is -2.44. The first kappa shape index (κ1) is 18.4. The van der Waals surface area contributed by atoms with Gasteiger partial charge in [0, 0.05) is 37.6 Å². The van der Waals surface area contributed by atoms with Gasteiger partial charge in [0.15, 0.2) is 0 Å². The highest BCUT2D eigenvalue weighted by Gasteiger charge is 2.36. The van der Waals surface area contributed by atoms with E-state index < -0.39 is 0 Å². The van der Waals surface area contributed by atoms with Crippen LogP contribution >= 0.6 is 0 Å². The summed E-state index contributed by atoms with van der Waals surface area (Å²) in [5.41, 5.74) is 0. The topological polar surface area (TPSA) is 44.6 Å². The van der Waals surface area contributed by atoms with Crippen molar-refractivity contribution in [2.45, 2.75) is 64.2 Å². The number of amides is 1. The molecule has 2 aliphatic heterocycles. The fraction of sp³-hybridized carbons (Fsp3) is 0.789. The number of likely N-dealkylation sites (N-methyl/N-ethyl adjacent to an activating group) is 1. The number of hydrogen-bond acceptors (Lipinski definition) is 4. The summed E-state index contributed by atoms with van der Waals surface area (Å²) in [7, 11) is 2.16. The molecule has 1 atom stereocenters. The molecular weight excluding hydrogens is 314 g/mol. The Morgan fingerprint density at radius 3 is 2.60 bits per heavy atom. The Morgan fingerprint density at radius 1 is 1.20 bits per heavy atom. The maximum atomic E-state index is 12.8. The van der Waals surface area contributed by atoms with E-state index >= 15 is 0 Å². The van der Waals surface area contributed by atoms with Crippen LogP contribution in [0, 0.1) is 0 Å². The first-order valence-corrected chi connectivity index (χ1v) is 9.78. The molecule has 0 aromatic carbocycles. The fourth-order valence-corrected chi connectivity index (χ4v) is 4.25. The van der Waals surface area contributed by atoms with E-state index in [2.05, 4.69) is 40.7 Å². The molecule has 1 aromatic rings. The molecule has 2 fully saturated rings. The van der Waals surface area contributed by atoms with Crippen LogP contribution in [0.25, 0.3) is 0 Å². The summed E-state index contributed by atoms with van der Waals surface area (Å²) in [5, 5.41) is 4.27. The van der Waals surface area contributed by atoms with Gasteiger partial charge in [-0.1, -0.05) is 0 Å². The second kappa shape index (κ2) is 8.32. The monoisotopic (exact) mass is 347 g/mol. The maximum Gasteiger partial charge on any atom is 0.240 e. The summed E-state index contributed by atoms with van der Waals surface area (Å²) in [6, 6.07) is 2.90. The number of hydrogen-bond donors (Lipinski definition) is 0. The Bertz CT molecular complexity index is 536. The Hall–Kier alpha value is -1.40. The molecular formula is C19H33N5O. The normalized spacial score (nSPS) is 23.8. The predicted molar refractivity (Wildman–Crippen MR) is 99.3 cm³/mol. The van der Waals surface area contributed by atoms with Crippen LogP contribution in [0.2, 0.25) is 0 Å². The summed E-state index contributed by atoms with van der Waals surface area (Å²) in [6.07, 6.45) is 8.31. The van der Waals surface area contributed by atoms with Crippen LogP contribution in [0.3, 0.4) is 0 Å². The second-order valence-corrected chi connectivity index (χ2v) is 7.79. The lowest BCUT2D eigenvalue weighted by molar-refractivity contribution is -0.143. The molecule has 2 aliphatic rings. The summed E-state index contributed by atoms with van der Waals surface area (Å²) in [5.74, 6) is 0.338. The lowest BCUT2D eigenvalue weighted by atomic mass is 9.96. The van der Waals surface area contributed by atoms with E-state index in [1.54, 1.807) is 0 Å². The van der Waals surface area contributed by atoms with Crippen LogP contribution in [0.4, 0.5) is 0 Å². The maximum absolute atomic E-state index is 12.8. The van der Waals surface area contributed by atoms with Crippen LogP contribution in [-0.4, -0.2) is 81.7 Å². The van der Waals surface area contributed by atoms with Crippen molar-refractivity contribution in [3.05, 3.63) is 18.5 Å². The average Bonchev–Trinajstić information content (AvgIpc) is 3.13. The molecule has 0 unspecified atom stereocenters. The highest BCUT2D eigenvalue weighted by atomic mass is 16.2. The lowest BCUT2D eigenvalue weighted by Crippen LogP contribution is -2.57. The minimum Gasteiger partial charge on any atom is -0.339 e. The Labute approximate surface area is 151 Å².